The van der Waals surface area contributed by atoms with Crippen LogP contribution in [0.5, 0.6) is 0 Å². The Morgan fingerprint density at radius 1 is 0.873 bits per heavy atom. The highest BCUT2D eigenvalue weighted by molar-refractivity contribution is 8.00. The van der Waals surface area contributed by atoms with Gasteiger partial charge in [-0.3, -0.25) is 9.36 Å². The Balaban J connectivity index is 0.924. The Bertz CT molecular complexity index is 3230. The number of anilines is 4. The molecule has 24 heteroatoms. The van der Waals surface area contributed by atoms with E-state index in [2.05, 4.69) is 43.2 Å². The van der Waals surface area contributed by atoms with E-state index in [9.17, 15) is 35.5 Å². The number of hydrogen-bond acceptors (Lipinski definition) is 13. The van der Waals surface area contributed by atoms with Crippen LogP contribution in [0.2, 0.25) is 5.02 Å². The average molecular weight is 1210 g/mol. The van der Waals surface area contributed by atoms with Crippen LogP contribution >= 0.6 is 42.9 Å². The molecule has 1 unspecified atom stereocenters. The highest BCUT2D eigenvalue weighted by Gasteiger charge is 2.48. The molecule has 5 aromatic carbocycles. The zero-order chi connectivity index (χ0) is 56.8. The van der Waals surface area contributed by atoms with Crippen molar-refractivity contribution in [1.82, 2.24) is 9.47 Å². The molecule has 0 aliphatic carbocycles. The summed E-state index contributed by atoms with van der Waals surface area (Å²) in [6.07, 6.45) is 1.38. The number of aromatic nitrogens is 1. The Labute approximate surface area is 475 Å². The van der Waals surface area contributed by atoms with E-state index in [0.717, 1.165) is 45.5 Å². The number of alkyl halides is 3. The molecule has 8 rings (SSSR count). The van der Waals surface area contributed by atoms with E-state index in [1.54, 1.807) is 12.3 Å². The van der Waals surface area contributed by atoms with Gasteiger partial charge in [-0.2, -0.15) is 13.2 Å². The van der Waals surface area contributed by atoms with Crippen molar-refractivity contribution in [3.8, 4) is 22.4 Å². The molecular formula is C55H62ClF4N6O8PS4. The lowest BCUT2D eigenvalue weighted by Gasteiger charge is -2.37. The second kappa shape index (κ2) is 25.9. The van der Waals surface area contributed by atoms with Crippen molar-refractivity contribution in [3.63, 3.8) is 0 Å². The van der Waals surface area contributed by atoms with Crippen molar-refractivity contribution in [2.75, 3.05) is 83.8 Å². The summed E-state index contributed by atoms with van der Waals surface area (Å²) in [6, 6.07) is 32.8. The third-order valence-electron chi connectivity index (χ3n) is 13.7. The first kappa shape index (κ1) is 60.2. The van der Waals surface area contributed by atoms with Crippen LogP contribution in [-0.4, -0.2) is 120 Å². The van der Waals surface area contributed by atoms with E-state index in [1.807, 2.05) is 91.9 Å². The van der Waals surface area contributed by atoms with Crippen LogP contribution in [0.4, 0.5) is 40.3 Å². The monoisotopic (exact) mass is 1200 g/mol. The first-order valence-electron chi connectivity index (χ1n) is 25.5. The Hall–Kier alpha value is -4.87. The maximum Gasteiger partial charge on any atom is 0.501 e. The third-order valence-corrected chi connectivity index (χ3v) is 19.2. The molecule has 0 amide bonds. The summed E-state index contributed by atoms with van der Waals surface area (Å²) in [7, 11) is -10.4. The Kier molecular flexibility index (Phi) is 19.8. The molecule has 424 valence electrons. The number of nitrogens with one attached hydrogen (secondary N) is 2. The summed E-state index contributed by atoms with van der Waals surface area (Å²) in [6.45, 7) is 9.92. The standard InChI is InChI=1S/C55H62ClF4N6O8PS4/c1-36(2)66-37(3)54(78(4)71)52(53(66)38-10-12-40(56)13-11-38)39-30-41(57)32-45(31-39)65-28-26-64(27-29-65)44-16-14-42(15-17-44)62-77-48-18-19-49(50(33-48)79(72,73)55(58,59)60)61-43(35-76-47-8-6-5-7-9-47)20-23-63-24-21-46(22-25-63)74-51(67)34-75(68,69)70/h5-19,30-33,36,43,46,61-62H,20-29,34-35H2,1-4H3,(H2,68,69,70)/t43-,78?/m1/s1. The number of hydrogen-bond donors (Lipinski definition) is 4. The number of ether oxygens (including phenoxy) is 1. The molecule has 4 N–H and O–H groups in total. The van der Waals surface area contributed by atoms with Crippen molar-refractivity contribution in [2.24, 2.45) is 0 Å². The van der Waals surface area contributed by atoms with Crippen molar-refractivity contribution in [2.45, 2.75) is 83.3 Å². The molecule has 3 heterocycles. The second-order valence-corrected chi connectivity index (χ2v) is 27.0. The van der Waals surface area contributed by atoms with Gasteiger partial charge in [-0.25, -0.2) is 12.8 Å². The molecule has 6 aromatic rings. The van der Waals surface area contributed by atoms with Gasteiger partial charge in [0, 0.05) is 95.5 Å². The lowest BCUT2D eigenvalue weighted by molar-refractivity contribution is -0.148. The minimum absolute atomic E-state index is 0.0166. The van der Waals surface area contributed by atoms with Crippen molar-refractivity contribution >= 4 is 92.6 Å². The summed E-state index contributed by atoms with van der Waals surface area (Å²) in [5, 5.41) is 3.72. The van der Waals surface area contributed by atoms with Crippen LogP contribution in [0.3, 0.4) is 0 Å². The average Bonchev–Trinajstić information content (AvgIpc) is 4.02. The van der Waals surface area contributed by atoms with Gasteiger partial charge < -0.3 is 48.4 Å². The van der Waals surface area contributed by atoms with Crippen LogP contribution in [-0.2, 0) is 35.1 Å². The molecule has 0 saturated carbocycles. The van der Waals surface area contributed by atoms with Gasteiger partial charge >= 0.3 is 19.1 Å². The third kappa shape index (κ3) is 15.4. The predicted molar refractivity (Wildman–Crippen MR) is 309 cm³/mol. The highest BCUT2D eigenvalue weighted by Crippen LogP contribution is 2.45. The van der Waals surface area contributed by atoms with Gasteiger partial charge in [0.2, 0.25) is 0 Å². The molecule has 79 heavy (non-hydrogen) atoms. The molecule has 0 radical (unpaired) electrons. The molecule has 2 aliphatic heterocycles. The van der Waals surface area contributed by atoms with Crippen LogP contribution in [0, 0.1) is 12.7 Å². The Morgan fingerprint density at radius 2 is 1.52 bits per heavy atom. The molecule has 2 atom stereocenters. The number of thioether (sulfide) groups is 1. The van der Waals surface area contributed by atoms with E-state index < -0.39 is 69.1 Å². The molecule has 0 bridgehead atoms. The fourth-order valence-electron chi connectivity index (χ4n) is 9.97. The van der Waals surface area contributed by atoms with Gasteiger partial charge in [-0.15, -0.1) is 11.8 Å². The number of benzene rings is 5. The number of piperidine rings is 1. The summed E-state index contributed by atoms with van der Waals surface area (Å²) < 4.78 is 121. The summed E-state index contributed by atoms with van der Waals surface area (Å²) in [5.41, 5.74) is 0.357. The van der Waals surface area contributed by atoms with Gasteiger partial charge in [0.05, 0.1) is 22.6 Å². The van der Waals surface area contributed by atoms with Crippen LogP contribution in [0.15, 0.2) is 135 Å². The summed E-state index contributed by atoms with van der Waals surface area (Å²) >= 11 is 7.32. The fraction of sp³-hybridized carbons (Fsp3) is 0.364. The van der Waals surface area contributed by atoms with E-state index in [0.29, 0.717) is 103 Å². The van der Waals surface area contributed by atoms with Crippen molar-refractivity contribution < 1.29 is 54.4 Å². The zero-order valence-electron chi connectivity index (χ0n) is 43.8. The highest BCUT2D eigenvalue weighted by atomic mass is 35.5. The molecule has 1 aromatic heterocycles. The molecule has 2 fully saturated rings. The van der Waals surface area contributed by atoms with E-state index in [4.69, 9.17) is 26.1 Å². The topological polar surface area (TPSA) is 180 Å². The molecule has 2 saturated heterocycles. The second-order valence-electron chi connectivity index (χ2n) is 19.7. The number of esters is 1. The first-order chi connectivity index (χ1) is 37.4. The number of halogens is 5. The van der Waals surface area contributed by atoms with Crippen LogP contribution in [0.25, 0.3) is 22.4 Å². The largest absolute Gasteiger partial charge is 0.612 e. The molecule has 14 nitrogen and oxygen atoms in total. The molecular weight excluding hydrogens is 1140 g/mol. The Morgan fingerprint density at radius 3 is 2.13 bits per heavy atom. The number of piperazine rings is 1. The minimum Gasteiger partial charge on any atom is -0.612 e. The van der Waals surface area contributed by atoms with Crippen molar-refractivity contribution in [3.05, 3.63) is 132 Å². The molecule has 0 spiro atoms. The number of nitrogens with zero attached hydrogens (tertiary/aromatic N) is 4. The quantitative estimate of drug-likeness (QED) is 0.0133. The van der Waals surface area contributed by atoms with Gasteiger partial charge in [-0.1, -0.05) is 41.9 Å². The minimum atomic E-state index is -5.82. The zero-order valence-corrected chi connectivity index (χ0v) is 48.7. The number of carbonyl (C=O) groups is 1. The maximum atomic E-state index is 15.8. The number of rotatable bonds is 21. The normalized spacial score (nSPS) is 15.8. The summed E-state index contributed by atoms with van der Waals surface area (Å²) in [5.74, 6) is -1.00. The van der Waals surface area contributed by atoms with Gasteiger partial charge in [0.15, 0.2) is 4.90 Å². The van der Waals surface area contributed by atoms with Crippen LogP contribution in [0.1, 0.15) is 44.8 Å². The summed E-state index contributed by atoms with van der Waals surface area (Å²) in [4.78, 5) is 37.5. The van der Waals surface area contributed by atoms with E-state index >= 15 is 4.39 Å². The van der Waals surface area contributed by atoms with E-state index in [1.165, 1.54) is 30.0 Å². The number of sulfone groups is 1. The van der Waals surface area contributed by atoms with E-state index in [-0.39, 0.29) is 16.6 Å². The predicted octanol–water partition coefficient (Wildman–Crippen LogP) is 12.1. The van der Waals surface area contributed by atoms with Gasteiger partial charge in [-0.05, 0) is 159 Å². The first-order valence-corrected chi connectivity index (χ1v) is 32.5. The maximum absolute atomic E-state index is 15.8. The van der Waals surface area contributed by atoms with Crippen molar-refractivity contribution in [1.29, 1.82) is 0 Å². The lowest BCUT2D eigenvalue weighted by Crippen LogP contribution is -2.46. The van der Waals surface area contributed by atoms with Gasteiger partial charge in [0.25, 0.3) is 9.84 Å². The van der Waals surface area contributed by atoms with Gasteiger partial charge in [0.1, 0.15) is 29.2 Å². The molecule has 2 aliphatic rings. The number of carbonyl (C=O) groups excluding carboxylic acids is 1. The fourth-order valence-corrected chi connectivity index (χ4v) is 14.2. The number of likely N-dealkylation sites (tertiary alicyclic amines) is 1. The van der Waals surface area contributed by atoms with Crippen LogP contribution < -0.4 is 19.8 Å². The smallest absolute Gasteiger partial charge is 0.501 e. The lowest BCUT2D eigenvalue weighted by atomic mass is 9.99. The SMILES string of the molecule is Cc1c([S+](C)[O-])c(-c2cc(F)cc(N3CCN(c4ccc(NSc5ccc(N[C@H](CCN6CCC(OC(=O)CP(=O)(O)O)CC6)CSc6ccccc6)c(S(=O)(=O)C(F)(F)F)c5)cc4)CC3)c2)c(-c2ccc(Cl)cc2)n1C(C)C.